The van der Waals surface area contributed by atoms with E-state index in [1.165, 1.54) is 4.90 Å². The van der Waals surface area contributed by atoms with Gasteiger partial charge in [-0.3, -0.25) is 19.3 Å². The first kappa shape index (κ1) is 20.9. The largest absolute Gasteiger partial charge is 0.482 e. The molecule has 0 aliphatic carbocycles. The van der Waals surface area contributed by atoms with Crippen LogP contribution in [-0.4, -0.2) is 48.9 Å². The first-order chi connectivity index (χ1) is 15.1. The lowest BCUT2D eigenvalue weighted by atomic mass is 10.1. The number of anilines is 2. The fraction of sp³-hybridized carbons (Fsp3) is 0.375. The predicted molar refractivity (Wildman–Crippen MR) is 118 cm³/mol. The van der Waals surface area contributed by atoms with Crippen LogP contribution < -0.4 is 15.0 Å². The molecule has 2 heterocycles. The molecule has 0 aromatic heterocycles. The molecule has 7 nitrogen and oxygen atoms in total. The van der Waals surface area contributed by atoms with Crippen LogP contribution in [0, 0.1) is 0 Å². The number of likely N-dealkylation sites (tertiary alicyclic amines) is 1. The number of hydrogen-bond acceptors (Lipinski definition) is 4. The quantitative estimate of drug-likeness (QED) is 0.778. The van der Waals surface area contributed by atoms with E-state index in [-0.39, 0.29) is 30.9 Å². The SMILES string of the molecule is O=C(CCc1ccccc1)Nc1ccc2c(c1)N(CC(=O)N1CCCCC1)C(=O)CO2. The van der Waals surface area contributed by atoms with E-state index in [0.29, 0.717) is 30.0 Å². The van der Waals surface area contributed by atoms with E-state index in [4.69, 9.17) is 4.74 Å². The van der Waals surface area contributed by atoms with Crippen LogP contribution in [0.3, 0.4) is 0 Å². The summed E-state index contributed by atoms with van der Waals surface area (Å²) in [6, 6.07) is 15.0. The van der Waals surface area contributed by atoms with Gasteiger partial charge in [0.05, 0.1) is 5.69 Å². The first-order valence-corrected chi connectivity index (χ1v) is 10.8. The van der Waals surface area contributed by atoms with Crippen LogP contribution >= 0.6 is 0 Å². The first-order valence-electron chi connectivity index (χ1n) is 10.8. The zero-order chi connectivity index (χ0) is 21.6. The molecule has 0 atom stereocenters. The van der Waals surface area contributed by atoms with Gasteiger partial charge in [-0.15, -0.1) is 0 Å². The summed E-state index contributed by atoms with van der Waals surface area (Å²) in [6.07, 6.45) is 4.14. The van der Waals surface area contributed by atoms with Gasteiger partial charge in [0.15, 0.2) is 6.61 Å². The molecular formula is C24H27N3O4. The molecule has 2 aliphatic rings. The summed E-state index contributed by atoms with van der Waals surface area (Å²) in [5.74, 6) is 0.111. The number of carbonyl (C=O) groups is 3. The maximum absolute atomic E-state index is 12.7. The Hall–Kier alpha value is -3.35. The van der Waals surface area contributed by atoms with Crippen molar-refractivity contribution in [1.82, 2.24) is 4.90 Å². The number of piperidine rings is 1. The summed E-state index contributed by atoms with van der Waals surface area (Å²) in [5, 5.41) is 2.89. The minimum atomic E-state index is -0.259. The number of aryl methyl sites for hydroxylation is 1. The number of nitrogens with one attached hydrogen (secondary N) is 1. The van der Waals surface area contributed by atoms with Gasteiger partial charge in [0.25, 0.3) is 5.91 Å². The molecule has 0 unspecified atom stereocenters. The molecule has 0 saturated carbocycles. The molecule has 0 bridgehead atoms. The Balaban J connectivity index is 1.43. The molecule has 4 rings (SSSR count). The number of amides is 3. The second kappa shape index (κ2) is 9.64. The second-order valence-corrected chi connectivity index (χ2v) is 7.93. The number of fused-ring (bicyclic) bond motifs is 1. The van der Waals surface area contributed by atoms with E-state index < -0.39 is 0 Å². The minimum Gasteiger partial charge on any atom is -0.482 e. The highest BCUT2D eigenvalue weighted by Gasteiger charge is 2.29. The third kappa shape index (κ3) is 5.23. The van der Waals surface area contributed by atoms with Gasteiger partial charge >= 0.3 is 0 Å². The van der Waals surface area contributed by atoms with Crippen molar-refractivity contribution in [3.05, 3.63) is 54.1 Å². The van der Waals surface area contributed by atoms with Crippen LogP contribution in [0.4, 0.5) is 11.4 Å². The molecule has 0 radical (unpaired) electrons. The van der Waals surface area contributed by atoms with Gasteiger partial charge in [-0.25, -0.2) is 0 Å². The van der Waals surface area contributed by atoms with E-state index in [1.54, 1.807) is 18.2 Å². The van der Waals surface area contributed by atoms with Crippen molar-refractivity contribution < 1.29 is 19.1 Å². The van der Waals surface area contributed by atoms with Gasteiger partial charge in [0.2, 0.25) is 11.8 Å². The Morgan fingerprint density at radius 3 is 2.55 bits per heavy atom. The summed E-state index contributed by atoms with van der Waals surface area (Å²) in [5.41, 5.74) is 2.19. The molecule has 1 saturated heterocycles. The predicted octanol–water partition coefficient (Wildman–Crippen LogP) is 3.00. The van der Waals surface area contributed by atoms with Crippen molar-refractivity contribution in [1.29, 1.82) is 0 Å². The van der Waals surface area contributed by atoms with Crippen molar-refractivity contribution in [3.8, 4) is 5.75 Å². The minimum absolute atomic E-state index is 0.0133. The average Bonchev–Trinajstić information content (AvgIpc) is 2.81. The molecule has 0 spiro atoms. The lowest BCUT2D eigenvalue weighted by Crippen LogP contribution is -2.47. The Bertz CT molecular complexity index is 955. The molecule has 7 heteroatoms. The summed E-state index contributed by atoms with van der Waals surface area (Å²) in [4.78, 5) is 40.9. The fourth-order valence-corrected chi connectivity index (χ4v) is 3.96. The standard InChI is InChI=1S/C24H27N3O4/c28-22(12-9-18-7-3-1-4-8-18)25-19-10-11-21-20(15-19)27(24(30)17-31-21)16-23(29)26-13-5-2-6-14-26/h1,3-4,7-8,10-11,15H,2,5-6,9,12-14,16-17H2,(H,25,28). The van der Waals surface area contributed by atoms with Crippen molar-refractivity contribution in [3.63, 3.8) is 0 Å². The van der Waals surface area contributed by atoms with Crippen LogP contribution in [0.1, 0.15) is 31.2 Å². The van der Waals surface area contributed by atoms with Gasteiger partial charge in [-0.05, 0) is 49.4 Å². The van der Waals surface area contributed by atoms with E-state index >= 15 is 0 Å². The van der Waals surface area contributed by atoms with Gasteiger partial charge < -0.3 is 15.0 Å². The van der Waals surface area contributed by atoms with Crippen LogP contribution in [0.2, 0.25) is 0 Å². The Kier molecular flexibility index (Phi) is 6.50. The highest BCUT2D eigenvalue weighted by atomic mass is 16.5. The van der Waals surface area contributed by atoms with E-state index in [9.17, 15) is 14.4 Å². The summed E-state index contributed by atoms with van der Waals surface area (Å²) in [7, 11) is 0. The number of carbonyl (C=O) groups excluding carboxylic acids is 3. The summed E-state index contributed by atoms with van der Waals surface area (Å²) in [6.45, 7) is 1.37. The smallest absolute Gasteiger partial charge is 0.265 e. The topological polar surface area (TPSA) is 79.0 Å². The van der Waals surface area contributed by atoms with Crippen molar-refractivity contribution >= 4 is 29.1 Å². The van der Waals surface area contributed by atoms with Gasteiger partial charge in [0.1, 0.15) is 12.3 Å². The lowest BCUT2D eigenvalue weighted by Gasteiger charge is -2.33. The van der Waals surface area contributed by atoms with Gasteiger partial charge in [-0.2, -0.15) is 0 Å². The molecule has 31 heavy (non-hydrogen) atoms. The molecule has 2 aliphatic heterocycles. The van der Waals surface area contributed by atoms with Crippen LogP contribution in [0.25, 0.3) is 0 Å². The van der Waals surface area contributed by atoms with Gasteiger partial charge in [-0.1, -0.05) is 30.3 Å². The number of hydrogen-bond donors (Lipinski definition) is 1. The zero-order valence-corrected chi connectivity index (χ0v) is 17.5. The van der Waals surface area contributed by atoms with E-state index in [1.807, 2.05) is 35.2 Å². The molecule has 162 valence electrons. The van der Waals surface area contributed by atoms with Crippen LogP contribution in [0.5, 0.6) is 5.75 Å². The van der Waals surface area contributed by atoms with Gasteiger partial charge in [0, 0.05) is 25.2 Å². The number of rotatable bonds is 6. The van der Waals surface area contributed by atoms with E-state index in [0.717, 1.165) is 37.9 Å². The molecular weight excluding hydrogens is 394 g/mol. The van der Waals surface area contributed by atoms with Crippen molar-refractivity contribution in [2.45, 2.75) is 32.1 Å². The van der Waals surface area contributed by atoms with Crippen molar-refractivity contribution in [2.24, 2.45) is 0 Å². The maximum Gasteiger partial charge on any atom is 0.265 e. The number of benzene rings is 2. The summed E-state index contributed by atoms with van der Waals surface area (Å²) < 4.78 is 5.53. The van der Waals surface area contributed by atoms with Crippen LogP contribution in [0.15, 0.2) is 48.5 Å². The normalized spacial score (nSPS) is 15.8. The fourth-order valence-electron chi connectivity index (χ4n) is 3.96. The molecule has 1 fully saturated rings. The van der Waals surface area contributed by atoms with E-state index in [2.05, 4.69) is 5.32 Å². The second-order valence-electron chi connectivity index (χ2n) is 7.93. The molecule has 2 aromatic carbocycles. The molecule has 1 N–H and O–H groups in total. The summed E-state index contributed by atoms with van der Waals surface area (Å²) >= 11 is 0. The average molecular weight is 421 g/mol. The van der Waals surface area contributed by atoms with Crippen molar-refractivity contribution in [2.75, 3.05) is 36.5 Å². The third-order valence-electron chi connectivity index (χ3n) is 5.67. The maximum atomic E-state index is 12.7. The number of nitrogens with zero attached hydrogens (tertiary/aromatic N) is 2. The number of ether oxygens (including phenoxy) is 1. The zero-order valence-electron chi connectivity index (χ0n) is 17.5. The molecule has 3 amide bonds. The highest BCUT2D eigenvalue weighted by Crippen LogP contribution is 2.34. The van der Waals surface area contributed by atoms with Crippen LogP contribution in [-0.2, 0) is 20.8 Å². The Labute approximate surface area is 182 Å². The monoisotopic (exact) mass is 421 g/mol. The lowest BCUT2D eigenvalue weighted by molar-refractivity contribution is -0.132. The highest BCUT2D eigenvalue weighted by molar-refractivity contribution is 6.03. The molecule has 2 aromatic rings. The third-order valence-corrected chi connectivity index (χ3v) is 5.67. The Morgan fingerprint density at radius 1 is 1.00 bits per heavy atom. The Morgan fingerprint density at radius 2 is 1.77 bits per heavy atom.